The van der Waals surface area contributed by atoms with Gasteiger partial charge in [-0.3, -0.25) is 0 Å². The first-order valence-electron chi connectivity index (χ1n) is 10.9. The van der Waals surface area contributed by atoms with Crippen LogP contribution < -0.4 is 5.46 Å². The third kappa shape index (κ3) is 5.62. The Morgan fingerprint density at radius 3 is 2.33 bits per heavy atom. The summed E-state index contributed by atoms with van der Waals surface area (Å²) in [5.74, 6) is 0.566. The highest BCUT2D eigenvalue weighted by Gasteiger charge is 2.51. The third-order valence-corrected chi connectivity index (χ3v) is 7.13. The Morgan fingerprint density at radius 1 is 1.17 bits per heavy atom. The molecule has 1 aromatic carbocycles. The van der Waals surface area contributed by atoms with E-state index in [2.05, 4.69) is 57.8 Å². The average molecular weight is 432 g/mol. The van der Waals surface area contributed by atoms with E-state index in [1.54, 1.807) is 20.8 Å². The molecule has 7 heteroatoms. The average Bonchev–Trinajstić information content (AvgIpc) is 3.11. The van der Waals surface area contributed by atoms with Crippen molar-refractivity contribution in [1.29, 1.82) is 0 Å². The number of rotatable bonds is 2. The van der Waals surface area contributed by atoms with Gasteiger partial charge in [-0.1, -0.05) is 6.07 Å². The van der Waals surface area contributed by atoms with Crippen molar-refractivity contribution < 1.29 is 14.4 Å². The summed E-state index contributed by atoms with van der Waals surface area (Å²) >= 11 is 1.84. The molecule has 0 radical (unpaired) electrons. The monoisotopic (exact) mass is 432 g/mol. The van der Waals surface area contributed by atoms with E-state index in [9.17, 15) is 0 Å². The number of likely N-dealkylation sites (tertiary alicyclic amines) is 1. The number of benzene rings is 1. The minimum atomic E-state index is -0.500. The maximum atomic E-state index is 8.52. The van der Waals surface area contributed by atoms with Gasteiger partial charge in [0.25, 0.3) is 0 Å². The molecule has 1 aromatic heterocycles. The fourth-order valence-corrected chi connectivity index (χ4v) is 4.70. The van der Waals surface area contributed by atoms with Gasteiger partial charge in [0, 0.05) is 12.5 Å². The standard InChI is InChI=1S/C19H27BN2O2S.C4H10O/c1-18(2)19(3,4)24-20(23-18)14-8-9-16-15(11-14)21-17(25-16)13-7-6-10-22(5)12-13;1-4(2,3)5/h8-9,11,13H,6-7,10,12H2,1-5H3;5H,1-3H3. The lowest BCUT2D eigenvalue weighted by molar-refractivity contribution is 0.00578. The SMILES string of the molecule is CC(C)(C)O.CN1CCCC(c2nc3cc(B4OC(C)(C)C(C)(C)O4)ccc3s2)C1. The van der Waals surface area contributed by atoms with E-state index in [-0.39, 0.29) is 18.3 Å². The molecule has 1 N–H and O–H groups in total. The van der Waals surface area contributed by atoms with E-state index in [1.165, 1.54) is 29.1 Å². The van der Waals surface area contributed by atoms with Gasteiger partial charge in [-0.05, 0) is 92.5 Å². The Morgan fingerprint density at radius 2 is 1.77 bits per heavy atom. The molecular formula is C23H37BN2O3S. The first kappa shape index (κ1) is 23.7. The summed E-state index contributed by atoms with van der Waals surface area (Å²) in [6.45, 7) is 15.9. The van der Waals surface area contributed by atoms with Crippen molar-refractivity contribution in [3.05, 3.63) is 23.2 Å². The van der Waals surface area contributed by atoms with E-state index in [0.717, 1.165) is 17.5 Å². The highest BCUT2D eigenvalue weighted by atomic mass is 32.1. The lowest BCUT2D eigenvalue weighted by atomic mass is 9.79. The molecule has 3 heterocycles. The molecule has 30 heavy (non-hydrogen) atoms. The number of hydrogen-bond acceptors (Lipinski definition) is 6. The number of aliphatic hydroxyl groups is 1. The van der Waals surface area contributed by atoms with Gasteiger partial charge in [-0.25, -0.2) is 4.98 Å². The van der Waals surface area contributed by atoms with Crippen LogP contribution in [-0.4, -0.2) is 59.0 Å². The van der Waals surface area contributed by atoms with E-state index < -0.39 is 5.60 Å². The van der Waals surface area contributed by atoms with Crippen LogP contribution in [0.4, 0.5) is 0 Å². The van der Waals surface area contributed by atoms with Crippen LogP contribution in [0.25, 0.3) is 10.2 Å². The van der Waals surface area contributed by atoms with Gasteiger partial charge in [0.05, 0.1) is 32.0 Å². The van der Waals surface area contributed by atoms with Crippen LogP contribution in [0.1, 0.15) is 72.2 Å². The third-order valence-electron chi connectivity index (χ3n) is 5.93. The molecule has 1 unspecified atom stereocenters. The fraction of sp³-hybridized carbons (Fsp3) is 0.696. The van der Waals surface area contributed by atoms with Crippen molar-refractivity contribution in [3.8, 4) is 0 Å². The maximum Gasteiger partial charge on any atom is 0.494 e. The Hall–Kier alpha value is -0.985. The highest BCUT2D eigenvalue weighted by Crippen LogP contribution is 2.37. The molecule has 2 aliphatic heterocycles. The fourth-order valence-electron chi connectivity index (χ4n) is 3.63. The second-order valence-corrected chi connectivity index (χ2v) is 11.7. The van der Waals surface area contributed by atoms with Gasteiger partial charge in [-0.15, -0.1) is 11.3 Å². The van der Waals surface area contributed by atoms with Crippen molar-refractivity contribution in [2.75, 3.05) is 20.1 Å². The predicted molar refractivity (Wildman–Crippen MR) is 127 cm³/mol. The molecule has 0 saturated carbocycles. The van der Waals surface area contributed by atoms with Gasteiger partial charge < -0.3 is 19.3 Å². The summed E-state index contributed by atoms with van der Waals surface area (Å²) in [7, 11) is 1.89. The van der Waals surface area contributed by atoms with Crippen molar-refractivity contribution >= 4 is 34.1 Å². The first-order valence-corrected chi connectivity index (χ1v) is 11.7. The second kappa shape index (κ2) is 8.51. The molecule has 4 rings (SSSR count). The predicted octanol–water partition coefficient (Wildman–Crippen LogP) is 4.18. The highest BCUT2D eigenvalue weighted by molar-refractivity contribution is 7.18. The van der Waals surface area contributed by atoms with Crippen LogP contribution in [0.5, 0.6) is 0 Å². The van der Waals surface area contributed by atoms with E-state index in [1.807, 2.05) is 11.3 Å². The summed E-state index contributed by atoms with van der Waals surface area (Å²) in [6, 6.07) is 6.44. The molecule has 2 fully saturated rings. The molecule has 0 aliphatic carbocycles. The first-order chi connectivity index (χ1) is 13.7. The van der Waals surface area contributed by atoms with E-state index >= 15 is 0 Å². The number of likely N-dealkylation sites (N-methyl/N-ethyl adjacent to an activating group) is 1. The van der Waals surface area contributed by atoms with Crippen LogP contribution in [-0.2, 0) is 9.31 Å². The topological polar surface area (TPSA) is 54.8 Å². The Labute approximate surface area is 185 Å². The van der Waals surface area contributed by atoms with Gasteiger partial charge in [-0.2, -0.15) is 0 Å². The zero-order chi connectivity index (χ0) is 22.3. The van der Waals surface area contributed by atoms with Crippen molar-refractivity contribution in [2.24, 2.45) is 0 Å². The zero-order valence-corrected chi connectivity index (χ0v) is 20.6. The molecule has 166 valence electrons. The lowest BCUT2D eigenvalue weighted by Gasteiger charge is -2.32. The van der Waals surface area contributed by atoms with Crippen LogP contribution in [0.2, 0.25) is 0 Å². The smallest absolute Gasteiger partial charge is 0.399 e. The molecule has 0 spiro atoms. The van der Waals surface area contributed by atoms with Crippen LogP contribution in [0.3, 0.4) is 0 Å². The number of aromatic nitrogens is 1. The number of nitrogens with zero attached hydrogens (tertiary/aromatic N) is 2. The van der Waals surface area contributed by atoms with E-state index in [0.29, 0.717) is 5.92 Å². The van der Waals surface area contributed by atoms with Gasteiger partial charge in [0.1, 0.15) is 0 Å². The molecule has 2 saturated heterocycles. The summed E-state index contributed by atoms with van der Waals surface area (Å²) in [5, 5.41) is 9.79. The van der Waals surface area contributed by atoms with Crippen molar-refractivity contribution in [2.45, 2.75) is 84.0 Å². The normalized spacial score (nSPS) is 24.0. The summed E-state index contributed by atoms with van der Waals surface area (Å²) < 4.78 is 13.6. The largest absolute Gasteiger partial charge is 0.494 e. The molecular weight excluding hydrogens is 395 g/mol. The van der Waals surface area contributed by atoms with Gasteiger partial charge in [0.2, 0.25) is 0 Å². The van der Waals surface area contributed by atoms with Crippen LogP contribution in [0.15, 0.2) is 18.2 Å². The zero-order valence-electron chi connectivity index (χ0n) is 19.8. The molecule has 0 amide bonds. The minimum Gasteiger partial charge on any atom is -0.399 e. The molecule has 5 nitrogen and oxygen atoms in total. The number of thiazole rings is 1. The number of piperidine rings is 1. The minimum absolute atomic E-state index is 0.313. The number of hydrogen-bond donors (Lipinski definition) is 1. The molecule has 0 bridgehead atoms. The Kier molecular flexibility index (Phi) is 6.72. The molecule has 2 aromatic rings. The molecule has 2 aliphatic rings. The summed E-state index contributed by atoms with van der Waals surface area (Å²) in [4.78, 5) is 7.37. The van der Waals surface area contributed by atoms with E-state index in [4.69, 9.17) is 19.4 Å². The van der Waals surface area contributed by atoms with Crippen molar-refractivity contribution in [3.63, 3.8) is 0 Å². The van der Waals surface area contributed by atoms with Crippen LogP contribution >= 0.6 is 11.3 Å². The lowest BCUT2D eigenvalue weighted by Crippen LogP contribution is -2.41. The maximum absolute atomic E-state index is 8.52. The van der Waals surface area contributed by atoms with Gasteiger partial charge >= 0.3 is 7.12 Å². The quantitative estimate of drug-likeness (QED) is 0.722. The van der Waals surface area contributed by atoms with Gasteiger partial charge in [0.15, 0.2) is 0 Å². The Balaban J connectivity index is 0.000000461. The number of fused-ring (bicyclic) bond motifs is 1. The molecule has 1 atom stereocenters. The van der Waals surface area contributed by atoms with Crippen molar-refractivity contribution in [1.82, 2.24) is 9.88 Å². The van der Waals surface area contributed by atoms with Crippen LogP contribution in [0, 0.1) is 0 Å². The summed E-state index contributed by atoms with van der Waals surface area (Å²) in [5.41, 5.74) is 1.00. The summed E-state index contributed by atoms with van der Waals surface area (Å²) in [6.07, 6.45) is 2.50. The Bertz CT molecular complexity index is 853. The second-order valence-electron chi connectivity index (χ2n) is 10.6.